The van der Waals surface area contributed by atoms with Crippen molar-refractivity contribution in [2.24, 2.45) is 0 Å². The van der Waals surface area contributed by atoms with Gasteiger partial charge in [0.15, 0.2) is 0 Å². The minimum absolute atomic E-state index is 0.894. The molecule has 2 aromatic heterocycles. The van der Waals surface area contributed by atoms with E-state index in [0.29, 0.717) is 0 Å². The van der Waals surface area contributed by atoms with E-state index in [9.17, 15) is 0 Å². The van der Waals surface area contributed by atoms with E-state index in [1.54, 1.807) is 0 Å². The highest BCUT2D eigenvalue weighted by molar-refractivity contribution is 7.11. The lowest BCUT2D eigenvalue weighted by Gasteiger charge is -2.06. The Kier molecular flexibility index (Phi) is 4.08. The van der Waals surface area contributed by atoms with Gasteiger partial charge in [0, 0.05) is 35.8 Å². The van der Waals surface area contributed by atoms with E-state index < -0.39 is 0 Å². The quantitative estimate of drug-likeness (QED) is 0.920. The van der Waals surface area contributed by atoms with Crippen molar-refractivity contribution >= 4 is 28.0 Å². The van der Waals surface area contributed by atoms with Crippen molar-refractivity contribution in [2.45, 2.75) is 45.4 Å². The van der Waals surface area contributed by atoms with Gasteiger partial charge in [0.05, 0.1) is 10.7 Å². The molecule has 4 nitrogen and oxygen atoms in total. The summed E-state index contributed by atoms with van der Waals surface area (Å²) in [6.07, 6.45) is 6.93. The van der Waals surface area contributed by atoms with Gasteiger partial charge in [-0.3, -0.25) is 0 Å². The Morgan fingerprint density at radius 2 is 2.11 bits per heavy atom. The van der Waals surface area contributed by atoms with Crippen molar-refractivity contribution in [3.63, 3.8) is 0 Å². The van der Waals surface area contributed by atoms with E-state index in [4.69, 9.17) is 4.98 Å². The van der Waals surface area contributed by atoms with E-state index in [0.717, 1.165) is 30.3 Å². The van der Waals surface area contributed by atoms with Crippen molar-refractivity contribution in [1.29, 1.82) is 0 Å². The topological polar surface area (TPSA) is 50.7 Å². The Balaban J connectivity index is 1.53. The summed E-state index contributed by atoms with van der Waals surface area (Å²) < 4.78 is 4.27. The number of nitrogens with zero attached hydrogens (tertiary/aromatic N) is 3. The van der Waals surface area contributed by atoms with Gasteiger partial charge in [-0.25, -0.2) is 9.97 Å². The number of aromatic nitrogens is 3. The summed E-state index contributed by atoms with van der Waals surface area (Å²) in [4.78, 5) is 10.7. The van der Waals surface area contributed by atoms with Crippen molar-refractivity contribution in [2.75, 3.05) is 11.9 Å². The zero-order valence-electron chi connectivity index (χ0n) is 11.1. The largest absolute Gasteiger partial charge is 0.360 e. The second-order valence-electron chi connectivity index (χ2n) is 4.73. The molecule has 0 aliphatic heterocycles. The van der Waals surface area contributed by atoms with Crippen LogP contribution in [-0.2, 0) is 25.7 Å². The molecule has 6 heteroatoms. The van der Waals surface area contributed by atoms with Crippen LogP contribution in [0.3, 0.4) is 0 Å². The lowest BCUT2D eigenvalue weighted by Crippen LogP contribution is -2.04. The molecule has 0 unspecified atom stereocenters. The molecule has 102 valence electrons. The van der Waals surface area contributed by atoms with Gasteiger partial charge in [0.25, 0.3) is 0 Å². The van der Waals surface area contributed by atoms with Gasteiger partial charge >= 0.3 is 0 Å². The van der Waals surface area contributed by atoms with E-state index in [1.165, 1.54) is 52.8 Å². The molecule has 3 rings (SSSR count). The molecule has 0 radical (unpaired) electrons. The molecule has 2 aromatic rings. The summed E-state index contributed by atoms with van der Waals surface area (Å²) in [6, 6.07) is 0. The first-order valence-corrected chi connectivity index (χ1v) is 8.48. The molecule has 0 saturated carbocycles. The van der Waals surface area contributed by atoms with Crippen LogP contribution in [0.4, 0.5) is 5.13 Å². The zero-order valence-corrected chi connectivity index (χ0v) is 12.7. The van der Waals surface area contributed by atoms with Crippen LogP contribution in [0.5, 0.6) is 0 Å². The third-order valence-electron chi connectivity index (χ3n) is 3.29. The first-order valence-electron chi connectivity index (χ1n) is 6.89. The second kappa shape index (κ2) is 5.96. The Morgan fingerprint density at radius 3 is 2.89 bits per heavy atom. The molecular formula is C13H18N4S2. The van der Waals surface area contributed by atoms with E-state index in [1.807, 2.05) is 11.3 Å². The molecule has 0 spiro atoms. The normalized spacial score (nSPS) is 14.4. The third kappa shape index (κ3) is 3.12. The number of aryl methyl sites for hydroxylation is 3. The molecule has 0 atom stereocenters. The van der Waals surface area contributed by atoms with E-state index in [-0.39, 0.29) is 0 Å². The summed E-state index contributed by atoms with van der Waals surface area (Å²) in [5.74, 6) is 0.928. The molecule has 19 heavy (non-hydrogen) atoms. The van der Waals surface area contributed by atoms with Crippen LogP contribution in [0.2, 0.25) is 0 Å². The molecule has 0 aromatic carbocycles. The minimum Gasteiger partial charge on any atom is -0.360 e. The number of fused-ring (bicyclic) bond motifs is 1. The molecule has 0 amide bonds. The molecular weight excluding hydrogens is 276 g/mol. The van der Waals surface area contributed by atoms with Gasteiger partial charge < -0.3 is 5.32 Å². The van der Waals surface area contributed by atoms with Crippen molar-refractivity contribution < 1.29 is 0 Å². The summed E-state index contributed by atoms with van der Waals surface area (Å²) >= 11 is 3.34. The summed E-state index contributed by atoms with van der Waals surface area (Å²) in [6.45, 7) is 2.97. The molecule has 1 N–H and O–H groups in total. The van der Waals surface area contributed by atoms with Crippen molar-refractivity contribution in [1.82, 2.24) is 14.3 Å². The maximum absolute atomic E-state index is 4.75. The fourth-order valence-corrected chi connectivity index (χ4v) is 4.09. The summed E-state index contributed by atoms with van der Waals surface area (Å²) in [7, 11) is 0. The van der Waals surface area contributed by atoms with Crippen LogP contribution < -0.4 is 5.32 Å². The molecule has 1 aliphatic rings. The van der Waals surface area contributed by atoms with E-state index in [2.05, 4.69) is 21.6 Å². The number of nitrogens with one attached hydrogen (secondary N) is 1. The molecule has 1 aliphatic carbocycles. The predicted molar refractivity (Wildman–Crippen MR) is 80.2 cm³/mol. The number of hydrogen-bond donors (Lipinski definition) is 1. The minimum atomic E-state index is 0.894. The van der Waals surface area contributed by atoms with Gasteiger partial charge in [-0.05, 0) is 25.7 Å². The molecule has 2 heterocycles. The molecule has 0 fully saturated rings. The van der Waals surface area contributed by atoms with Crippen LogP contribution in [-0.4, -0.2) is 20.9 Å². The maximum Gasteiger partial charge on any atom is 0.202 e. The number of hydrogen-bond acceptors (Lipinski definition) is 6. The maximum atomic E-state index is 4.75. The average Bonchev–Trinajstić information content (AvgIpc) is 3.04. The Hall–Kier alpha value is -1.01. The summed E-state index contributed by atoms with van der Waals surface area (Å²) in [5.41, 5.74) is 1.36. The number of thiazole rings is 1. The first-order chi connectivity index (χ1) is 9.35. The monoisotopic (exact) mass is 294 g/mol. The molecule has 0 bridgehead atoms. The fourth-order valence-electron chi connectivity index (χ4n) is 2.26. The zero-order chi connectivity index (χ0) is 13.1. The van der Waals surface area contributed by atoms with Gasteiger partial charge in [-0.1, -0.05) is 6.92 Å². The fraction of sp³-hybridized carbons (Fsp3) is 0.615. The van der Waals surface area contributed by atoms with Crippen LogP contribution >= 0.6 is 22.9 Å². The van der Waals surface area contributed by atoms with Gasteiger partial charge in [-0.15, -0.1) is 11.3 Å². The number of rotatable bonds is 5. The number of anilines is 1. The van der Waals surface area contributed by atoms with Gasteiger partial charge in [-0.2, -0.15) is 4.37 Å². The van der Waals surface area contributed by atoms with Crippen LogP contribution in [0.1, 0.15) is 41.2 Å². The first kappa shape index (κ1) is 13.0. The third-order valence-corrected chi connectivity index (χ3v) is 5.22. The van der Waals surface area contributed by atoms with Gasteiger partial charge in [0.2, 0.25) is 5.13 Å². The SMILES string of the molecule is CCc1nsc(NCCc2nc3c(s2)CCCC3)n1. The lowest BCUT2D eigenvalue weighted by molar-refractivity contribution is 0.680. The Bertz CT molecular complexity index is 523. The second-order valence-corrected chi connectivity index (χ2v) is 6.65. The van der Waals surface area contributed by atoms with Crippen LogP contribution in [0.25, 0.3) is 0 Å². The average molecular weight is 294 g/mol. The standard InChI is InChI=1S/C13H18N4S2/c1-2-11-16-13(19-17-11)14-8-7-12-15-9-5-3-4-6-10(9)18-12/h2-8H2,1H3,(H,14,16,17). The Morgan fingerprint density at radius 1 is 1.21 bits per heavy atom. The lowest BCUT2D eigenvalue weighted by atomic mass is 10.0. The highest BCUT2D eigenvalue weighted by Crippen LogP contribution is 2.26. The highest BCUT2D eigenvalue weighted by Gasteiger charge is 2.14. The Labute approximate surface area is 121 Å². The molecule has 0 saturated heterocycles. The van der Waals surface area contributed by atoms with Crippen molar-refractivity contribution in [3.8, 4) is 0 Å². The summed E-state index contributed by atoms with van der Waals surface area (Å²) in [5, 5.41) is 5.53. The van der Waals surface area contributed by atoms with Crippen LogP contribution in [0.15, 0.2) is 0 Å². The highest BCUT2D eigenvalue weighted by atomic mass is 32.1. The van der Waals surface area contributed by atoms with Crippen LogP contribution in [0, 0.1) is 0 Å². The van der Waals surface area contributed by atoms with Crippen molar-refractivity contribution in [3.05, 3.63) is 21.4 Å². The smallest absolute Gasteiger partial charge is 0.202 e. The predicted octanol–water partition coefficient (Wildman–Crippen LogP) is 3.09. The van der Waals surface area contributed by atoms with E-state index >= 15 is 0 Å². The van der Waals surface area contributed by atoms with Gasteiger partial charge in [0.1, 0.15) is 5.82 Å².